The summed E-state index contributed by atoms with van der Waals surface area (Å²) < 4.78 is 34.6. The molecule has 1 rings (SSSR count). The highest BCUT2D eigenvalue weighted by molar-refractivity contribution is 5.30. The monoisotopic (exact) mass is 136 g/mol. The normalized spacial score (nSPS) is 32.4. The lowest BCUT2D eigenvalue weighted by Gasteiger charge is -2.27. The molecule has 1 nitrogen and oxygen atoms in total. The van der Waals surface area contributed by atoms with E-state index in [0.29, 0.717) is 0 Å². The molecule has 1 unspecified atom stereocenters. The van der Waals surface area contributed by atoms with Crippen molar-refractivity contribution in [2.24, 2.45) is 0 Å². The van der Waals surface area contributed by atoms with Gasteiger partial charge >= 0.3 is 6.18 Å². The van der Waals surface area contributed by atoms with Gasteiger partial charge in [0.15, 0.2) is 0 Å². The maximum atomic E-state index is 11.5. The van der Waals surface area contributed by atoms with Crippen LogP contribution in [0.15, 0.2) is 0 Å². The van der Waals surface area contributed by atoms with Gasteiger partial charge in [-0.05, 0) is 0 Å². The summed E-state index contributed by atoms with van der Waals surface area (Å²) in [7, 11) is 0. The first-order valence-electron chi connectivity index (χ1n) is 2.25. The summed E-state index contributed by atoms with van der Waals surface area (Å²) in [5, 5.41) is 8.45. The van der Waals surface area contributed by atoms with Gasteiger partial charge in [-0.25, -0.2) is 0 Å². The summed E-state index contributed by atoms with van der Waals surface area (Å²) in [5.41, 5.74) is -2.70. The summed E-state index contributed by atoms with van der Waals surface area (Å²) in [5.74, 6) is 3.73. The van der Waals surface area contributed by atoms with Crippen molar-refractivity contribution in [3.05, 3.63) is 0 Å². The highest BCUT2D eigenvalue weighted by atomic mass is 19.4. The molecule has 0 bridgehead atoms. The molecule has 0 aliphatic heterocycles. The quantitative estimate of drug-likeness (QED) is 0.485. The second kappa shape index (κ2) is 1.42. The Morgan fingerprint density at radius 2 is 1.89 bits per heavy atom. The summed E-state index contributed by atoms with van der Waals surface area (Å²) >= 11 is 0. The Kier molecular flexibility index (Phi) is 1.02. The molecule has 0 saturated carbocycles. The first-order chi connectivity index (χ1) is 3.96. The molecular formula is C5H3F3O. The number of aliphatic hydroxyl groups is 1. The molecule has 50 valence electrons. The van der Waals surface area contributed by atoms with Crippen molar-refractivity contribution >= 4 is 0 Å². The third-order valence-corrected chi connectivity index (χ3v) is 1.11. The lowest BCUT2D eigenvalue weighted by atomic mass is 9.93. The van der Waals surface area contributed by atoms with Crippen LogP contribution in [-0.4, -0.2) is 16.9 Å². The van der Waals surface area contributed by atoms with E-state index in [9.17, 15) is 13.2 Å². The fourth-order valence-electron chi connectivity index (χ4n) is 0.427. The summed E-state index contributed by atoms with van der Waals surface area (Å²) in [6, 6.07) is 0. The van der Waals surface area contributed by atoms with Crippen LogP contribution in [0.2, 0.25) is 0 Å². The molecule has 1 atom stereocenters. The standard InChI is InChI=1S/C5H3F3O/c6-5(7,8)4(9)2-1-3-4/h9H,2H2. The van der Waals surface area contributed by atoms with Crippen molar-refractivity contribution in [1.29, 1.82) is 0 Å². The van der Waals surface area contributed by atoms with E-state index in [2.05, 4.69) is 5.92 Å². The number of hydrogen-bond donors (Lipinski definition) is 1. The molecule has 0 saturated heterocycles. The summed E-state index contributed by atoms with van der Waals surface area (Å²) in [6.07, 6.45) is -5.07. The zero-order valence-electron chi connectivity index (χ0n) is 4.29. The van der Waals surface area contributed by atoms with Crippen LogP contribution in [-0.2, 0) is 0 Å². The van der Waals surface area contributed by atoms with Gasteiger partial charge in [0.2, 0.25) is 5.60 Å². The fourth-order valence-corrected chi connectivity index (χ4v) is 0.427. The van der Waals surface area contributed by atoms with Crippen LogP contribution in [0, 0.1) is 11.8 Å². The highest BCUT2D eigenvalue weighted by Crippen LogP contribution is 2.35. The lowest BCUT2D eigenvalue weighted by Crippen LogP contribution is -2.46. The number of alkyl halides is 3. The molecular weight excluding hydrogens is 133 g/mol. The smallest absolute Gasteiger partial charge is 0.369 e. The largest absolute Gasteiger partial charge is 0.429 e. The van der Waals surface area contributed by atoms with Gasteiger partial charge in [-0.15, -0.1) is 0 Å². The minimum absolute atomic E-state index is 0.490. The molecule has 4 heteroatoms. The van der Waals surface area contributed by atoms with Crippen LogP contribution in [0.5, 0.6) is 0 Å². The lowest BCUT2D eigenvalue weighted by molar-refractivity contribution is -0.237. The van der Waals surface area contributed by atoms with E-state index in [1.54, 1.807) is 5.92 Å². The van der Waals surface area contributed by atoms with Crippen molar-refractivity contribution in [2.75, 3.05) is 0 Å². The van der Waals surface area contributed by atoms with Gasteiger partial charge in [-0.2, -0.15) is 13.2 Å². The number of halogens is 3. The van der Waals surface area contributed by atoms with E-state index in [4.69, 9.17) is 5.11 Å². The Hall–Kier alpha value is -0.690. The molecule has 0 fully saturated rings. The second-order valence-electron chi connectivity index (χ2n) is 1.84. The van der Waals surface area contributed by atoms with E-state index in [0.717, 1.165) is 0 Å². The second-order valence-corrected chi connectivity index (χ2v) is 1.84. The Morgan fingerprint density at radius 1 is 1.44 bits per heavy atom. The van der Waals surface area contributed by atoms with E-state index < -0.39 is 18.2 Å². The molecule has 0 amide bonds. The number of hydrogen-bond acceptors (Lipinski definition) is 1. The van der Waals surface area contributed by atoms with Gasteiger partial charge < -0.3 is 5.11 Å². The van der Waals surface area contributed by atoms with Gasteiger partial charge in [-0.3, -0.25) is 0 Å². The highest BCUT2D eigenvalue weighted by Gasteiger charge is 2.55. The fraction of sp³-hybridized carbons (Fsp3) is 0.600. The molecule has 1 aliphatic carbocycles. The van der Waals surface area contributed by atoms with Crippen molar-refractivity contribution in [2.45, 2.75) is 18.2 Å². The van der Waals surface area contributed by atoms with Gasteiger partial charge in [0, 0.05) is 0 Å². The number of rotatable bonds is 0. The maximum Gasteiger partial charge on any atom is 0.429 e. The minimum Gasteiger partial charge on any atom is -0.369 e. The zero-order valence-corrected chi connectivity index (χ0v) is 4.29. The zero-order chi connectivity index (χ0) is 7.12. The molecule has 1 aliphatic rings. The van der Waals surface area contributed by atoms with Crippen LogP contribution in [0.25, 0.3) is 0 Å². The van der Waals surface area contributed by atoms with Crippen molar-refractivity contribution in [3.8, 4) is 11.8 Å². The summed E-state index contributed by atoms with van der Waals surface area (Å²) in [4.78, 5) is 0. The maximum absolute atomic E-state index is 11.5. The SMILES string of the molecule is OC1(C(F)(F)F)C#CC1. The minimum atomic E-state index is -4.59. The molecule has 9 heavy (non-hydrogen) atoms. The average molecular weight is 136 g/mol. The van der Waals surface area contributed by atoms with Crippen molar-refractivity contribution < 1.29 is 18.3 Å². The van der Waals surface area contributed by atoms with Gasteiger partial charge in [-0.1, -0.05) is 11.8 Å². The van der Waals surface area contributed by atoms with Gasteiger partial charge in [0.25, 0.3) is 0 Å². The van der Waals surface area contributed by atoms with Crippen molar-refractivity contribution in [3.63, 3.8) is 0 Å². The van der Waals surface area contributed by atoms with E-state index >= 15 is 0 Å². The van der Waals surface area contributed by atoms with Gasteiger partial charge in [0.1, 0.15) is 0 Å². The predicted molar refractivity (Wildman–Crippen MR) is 23.4 cm³/mol. The van der Waals surface area contributed by atoms with Crippen LogP contribution in [0.1, 0.15) is 6.42 Å². The topological polar surface area (TPSA) is 20.2 Å². The third-order valence-electron chi connectivity index (χ3n) is 1.11. The molecule has 0 radical (unpaired) electrons. The average Bonchev–Trinajstić information content (AvgIpc) is 1.57. The third kappa shape index (κ3) is 0.775. The Morgan fingerprint density at radius 3 is 1.89 bits per heavy atom. The molecule has 0 aromatic carbocycles. The molecule has 0 aromatic rings. The molecule has 0 spiro atoms. The van der Waals surface area contributed by atoms with E-state index in [1.165, 1.54) is 0 Å². The van der Waals surface area contributed by atoms with Crippen LogP contribution in [0.4, 0.5) is 13.2 Å². The Bertz CT molecular complexity index is 185. The van der Waals surface area contributed by atoms with Crippen LogP contribution in [0.3, 0.4) is 0 Å². The summed E-state index contributed by atoms with van der Waals surface area (Å²) in [6.45, 7) is 0. The van der Waals surface area contributed by atoms with Crippen molar-refractivity contribution in [1.82, 2.24) is 0 Å². The first-order valence-corrected chi connectivity index (χ1v) is 2.25. The van der Waals surface area contributed by atoms with Crippen LogP contribution < -0.4 is 0 Å². The molecule has 1 N–H and O–H groups in total. The molecule has 0 heterocycles. The first kappa shape index (κ1) is 6.43. The Balaban J connectivity index is 2.78. The molecule has 0 aromatic heterocycles. The predicted octanol–water partition coefficient (Wildman–Crippen LogP) is 0.687. The Labute approximate surface area is 49.5 Å². The van der Waals surface area contributed by atoms with Gasteiger partial charge in [0.05, 0.1) is 6.42 Å². The van der Waals surface area contributed by atoms with E-state index in [-0.39, 0.29) is 0 Å². The van der Waals surface area contributed by atoms with Crippen LogP contribution >= 0.6 is 0 Å². The van der Waals surface area contributed by atoms with E-state index in [1.807, 2.05) is 0 Å².